The molecule has 1 aliphatic rings. The molecule has 3 aromatic rings. The number of aliphatic hydroxyl groups excluding tert-OH is 1. The minimum atomic E-state index is -3.74. The Morgan fingerprint density at radius 2 is 1.92 bits per heavy atom. The van der Waals surface area contributed by atoms with Crippen LogP contribution in [-0.4, -0.2) is 54.0 Å². The highest BCUT2D eigenvalue weighted by atomic mass is 19.3. The van der Waals surface area contributed by atoms with Crippen molar-refractivity contribution in [1.82, 2.24) is 9.97 Å². The number of hydrogen-bond donors (Lipinski definition) is 2. The summed E-state index contributed by atoms with van der Waals surface area (Å²) in [7, 11) is 1.43. The number of aliphatic hydroxyl groups is 1. The molecule has 2 atom stereocenters. The Kier molecular flexibility index (Phi) is 7.43. The summed E-state index contributed by atoms with van der Waals surface area (Å²) in [5, 5.41) is 12.5. The molecule has 7 nitrogen and oxygen atoms in total. The van der Waals surface area contributed by atoms with E-state index in [1.54, 1.807) is 26.0 Å². The van der Waals surface area contributed by atoms with Crippen LogP contribution >= 0.6 is 0 Å². The van der Waals surface area contributed by atoms with Gasteiger partial charge < -0.3 is 24.6 Å². The summed E-state index contributed by atoms with van der Waals surface area (Å²) < 4.78 is 85.1. The Morgan fingerprint density at radius 1 is 1.19 bits per heavy atom. The fourth-order valence-corrected chi connectivity index (χ4v) is 3.88. The van der Waals surface area contributed by atoms with E-state index in [2.05, 4.69) is 15.3 Å². The number of nitrogens with zero attached hydrogens (tertiary/aromatic N) is 2. The number of halogens is 5. The molecule has 12 heteroatoms. The van der Waals surface area contributed by atoms with Crippen molar-refractivity contribution in [2.24, 2.45) is 0 Å². The third kappa shape index (κ3) is 5.69. The average molecular weight is 527 g/mol. The van der Waals surface area contributed by atoms with Gasteiger partial charge in [0.25, 0.3) is 11.8 Å². The molecular weight excluding hydrogens is 501 g/mol. The Balaban J connectivity index is 1.60. The van der Waals surface area contributed by atoms with Crippen LogP contribution in [0.4, 0.5) is 27.8 Å². The number of nitrogens with one attached hydrogen (secondary N) is 1. The maximum Gasteiger partial charge on any atom is 0.298 e. The van der Waals surface area contributed by atoms with E-state index in [0.717, 1.165) is 6.07 Å². The maximum atomic E-state index is 15.0. The first-order valence-electron chi connectivity index (χ1n) is 11.5. The van der Waals surface area contributed by atoms with Crippen molar-refractivity contribution in [2.45, 2.75) is 44.3 Å². The van der Waals surface area contributed by atoms with Gasteiger partial charge in [0.1, 0.15) is 36.8 Å². The quantitative estimate of drug-likeness (QED) is 0.264. The molecule has 37 heavy (non-hydrogen) atoms. The molecule has 1 unspecified atom stereocenters. The maximum absolute atomic E-state index is 15.0. The number of anilines is 1. The van der Waals surface area contributed by atoms with Gasteiger partial charge >= 0.3 is 0 Å². The highest BCUT2D eigenvalue weighted by molar-refractivity contribution is 5.92. The molecule has 1 aliphatic carbocycles. The number of methoxy groups -OCH3 is 1. The second kappa shape index (κ2) is 10.3. The van der Waals surface area contributed by atoms with Gasteiger partial charge in [-0.3, -0.25) is 0 Å². The summed E-state index contributed by atoms with van der Waals surface area (Å²) in [5.74, 6) is -6.37. The smallest absolute Gasteiger partial charge is 0.298 e. The molecule has 1 aromatic heterocycles. The number of benzene rings is 2. The zero-order valence-corrected chi connectivity index (χ0v) is 20.3. The van der Waals surface area contributed by atoms with Gasteiger partial charge in [-0.2, -0.15) is 8.78 Å². The van der Waals surface area contributed by atoms with Gasteiger partial charge in [-0.05, 0) is 26.0 Å². The van der Waals surface area contributed by atoms with Gasteiger partial charge in [0, 0.05) is 23.4 Å². The molecule has 0 amide bonds. The normalized spacial score (nSPS) is 17.5. The van der Waals surface area contributed by atoms with Crippen LogP contribution in [0.1, 0.15) is 36.3 Å². The van der Waals surface area contributed by atoms with Crippen LogP contribution in [0.5, 0.6) is 11.5 Å². The standard InChI is InChI=1S/C25H26F5N3O4/c1-13(15-5-4-6-17(22(15)26)25(29,30)12-34)31-23-16-9-20(36-7-8-37-21-11-24(21,27)28)19(35-3)10-18(16)32-14(2)33-23/h4-6,9-10,13,21,34H,7-8,11-12H2,1-3H3,(H,31,32,33)/t13-,21?/m1/s1. The van der Waals surface area contributed by atoms with Crippen LogP contribution < -0.4 is 14.8 Å². The minimum absolute atomic E-state index is 0.0165. The number of fused-ring (bicyclic) bond motifs is 1. The van der Waals surface area contributed by atoms with Crippen molar-refractivity contribution in [3.8, 4) is 11.5 Å². The van der Waals surface area contributed by atoms with Crippen molar-refractivity contribution in [3.05, 3.63) is 53.1 Å². The summed E-state index contributed by atoms with van der Waals surface area (Å²) in [6, 6.07) is 5.97. The third-order valence-electron chi connectivity index (χ3n) is 5.96. The topological polar surface area (TPSA) is 85.7 Å². The second-order valence-corrected chi connectivity index (χ2v) is 8.75. The predicted octanol–water partition coefficient (Wildman–Crippen LogP) is 5.15. The molecule has 1 fully saturated rings. The number of hydrogen-bond acceptors (Lipinski definition) is 7. The lowest BCUT2D eigenvalue weighted by molar-refractivity contribution is -0.0583. The van der Waals surface area contributed by atoms with Crippen molar-refractivity contribution in [2.75, 3.05) is 32.2 Å². The van der Waals surface area contributed by atoms with Crippen molar-refractivity contribution < 1.29 is 41.3 Å². The Bertz CT molecular complexity index is 1290. The fraction of sp³-hybridized carbons (Fsp3) is 0.440. The first-order chi connectivity index (χ1) is 17.5. The van der Waals surface area contributed by atoms with E-state index >= 15 is 0 Å². The SMILES string of the molecule is COc1cc2nc(C)nc(N[C@H](C)c3cccc(C(F)(F)CO)c3F)c2cc1OCCOC1CC1(F)F. The molecule has 4 rings (SSSR count). The summed E-state index contributed by atoms with van der Waals surface area (Å²) in [5.41, 5.74) is -0.480. The largest absolute Gasteiger partial charge is 0.493 e. The lowest BCUT2D eigenvalue weighted by atomic mass is 10.00. The first kappa shape index (κ1) is 26.8. The van der Waals surface area contributed by atoms with Crippen molar-refractivity contribution in [3.63, 3.8) is 0 Å². The van der Waals surface area contributed by atoms with E-state index in [4.69, 9.17) is 19.3 Å². The molecule has 1 saturated carbocycles. The monoisotopic (exact) mass is 527 g/mol. The van der Waals surface area contributed by atoms with Crippen molar-refractivity contribution in [1.29, 1.82) is 0 Å². The Morgan fingerprint density at radius 3 is 2.57 bits per heavy atom. The van der Waals surface area contributed by atoms with E-state index in [1.807, 2.05) is 0 Å². The van der Waals surface area contributed by atoms with Crippen LogP contribution in [0, 0.1) is 12.7 Å². The van der Waals surface area contributed by atoms with Crippen LogP contribution in [0.2, 0.25) is 0 Å². The zero-order valence-electron chi connectivity index (χ0n) is 20.3. The van der Waals surface area contributed by atoms with Crippen LogP contribution in [0.25, 0.3) is 10.9 Å². The number of ether oxygens (including phenoxy) is 3. The Hall–Kier alpha value is -3.25. The molecule has 0 radical (unpaired) electrons. The van der Waals surface area contributed by atoms with E-state index in [1.165, 1.54) is 19.2 Å². The predicted molar refractivity (Wildman–Crippen MR) is 125 cm³/mol. The first-order valence-corrected chi connectivity index (χ1v) is 11.5. The third-order valence-corrected chi connectivity index (χ3v) is 5.96. The van der Waals surface area contributed by atoms with Gasteiger partial charge in [-0.25, -0.2) is 23.1 Å². The second-order valence-electron chi connectivity index (χ2n) is 8.75. The van der Waals surface area contributed by atoms with E-state index in [-0.39, 0.29) is 36.8 Å². The van der Waals surface area contributed by atoms with Crippen molar-refractivity contribution >= 4 is 16.7 Å². The minimum Gasteiger partial charge on any atom is -0.493 e. The Labute approximate surface area is 209 Å². The molecule has 200 valence electrons. The molecule has 0 saturated heterocycles. The highest BCUT2D eigenvalue weighted by Gasteiger charge is 2.58. The van der Waals surface area contributed by atoms with Gasteiger partial charge in [-0.15, -0.1) is 0 Å². The number of aromatic nitrogens is 2. The van der Waals surface area contributed by atoms with Gasteiger partial charge in [-0.1, -0.05) is 12.1 Å². The fourth-order valence-electron chi connectivity index (χ4n) is 3.88. The zero-order chi connectivity index (χ0) is 27.0. The molecule has 1 heterocycles. The summed E-state index contributed by atoms with van der Waals surface area (Å²) in [6.07, 6.45) is -1.41. The average Bonchev–Trinajstić information content (AvgIpc) is 3.47. The number of rotatable bonds is 11. The van der Waals surface area contributed by atoms with Gasteiger partial charge in [0.15, 0.2) is 11.5 Å². The number of alkyl halides is 4. The molecule has 0 spiro atoms. The van der Waals surface area contributed by atoms with Crippen LogP contribution in [0.3, 0.4) is 0 Å². The highest BCUT2D eigenvalue weighted by Crippen LogP contribution is 2.44. The molecule has 0 bridgehead atoms. The van der Waals surface area contributed by atoms with E-state index < -0.39 is 42.0 Å². The molecular formula is C25H26F5N3O4. The van der Waals surface area contributed by atoms with Gasteiger partial charge in [0.2, 0.25) is 0 Å². The molecule has 2 N–H and O–H groups in total. The molecule has 2 aromatic carbocycles. The van der Waals surface area contributed by atoms with E-state index in [9.17, 15) is 22.0 Å². The summed E-state index contributed by atoms with van der Waals surface area (Å²) in [4.78, 5) is 8.78. The number of aryl methyl sites for hydroxylation is 1. The lowest BCUT2D eigenvalue weighted by Gasteiger charge is -2.21. The van der Waals surface area contributed by atoms with Crippen LogP contribution in [0.15, 0.2) is 30.3 Å². The summed E-state index contributed by atoms with van der Waals surface area (Å²) >= 11 is 0. The van der Waals surface area contributed by atoms with Crippen LogP contribution in [-0.2, 0) is 10.7 Å². The summed E-state index contributed by atoms with van der Waals surface area (Å²) in [6.45, 7) is 1.64. The molecule has 0 aliphatic heterocycles. The van der Waals surface area contributed by atoms with E-state index in [0.29, 0.717) is 22.5 Å². The lowest BCUT2D eigenvalue weighted by Crippen LogP contribution is -2.22. The van der Waals surface area contributed by atoms with Gasteiger partial charge in [0.05, 0.1) is 30.8 Å².